The molecule has 3 heterocycles. The number of fused-ring (bicyclic) bond motifs is 1. The van der Waals surface area contributed by atoms with E-state index in [2.05, 4.69) is 20.7 Å². The van der Waals surface area contributed by atoms with Crippen molar-refractivity contribution < 1.29 is 9.59 Å². The third-order valence-electron chi connectivity index (χ3n) is 5.81. The summed E-state index contributed by atoms with van der Waals surface area (Å²) in [7, 11) is 0. The highest BCUT2D eigenvalue weighted by molar-refractivity contribution is 7.12. The fourth-order valence-electron chi connectivity index (χ4n) is 4.02. The lowest BCUT2D eigenvalue weighted by molar-refractivity contribution is -0.122. The second-order valence-corrected chi connectivity index (χ2v) is 9.14. The molecule has 0 radical (unpaired) electrons. The maximum absolute atomic E-state index is 13.2. The lowest BCUT2D eigenvalue weighted by Gasteiger charge is -2.18. The van der Waals surface area contributed by atoms with Crippen molar-refractivity contribution in [3.8, 4) is 5.69 Å². The van der Waals surface area contributed by atoms with Crippen LogP contribution in [-0.2, 0) is 17.6 Å². The number of thiophene rings is 1. The molecule has 176 valence electrons. The number of nitrogens with one attached hydrogen (secondary N) is 3. The highest BCUT2D eigenvalue weighted by Crippen LogP contribution is 2.19. The Morgan fingerprint density at radius 2 is 1.83 bits per heavy atom. The van der Waals surface area contributed by atoms with Gasteiger partial charge in [0, 0.05) is 42.7 Å². The van der Waals surface area contributed by atoms with Gasteiger partial charge in [0.15, 0.2) is 0 Å². The first kappa shape index (κ1) is 22.6. The normalized spacial score (nSPS) is 11.9. The molecule has 2 amide bonds. The van der Waals surface area contributed by atoms with Gasteiger partial charge in [0.2, 0.25) is 5.91 Å². The Hall–Kier alpha value is -4.17. The van der Waals surface area contributed by atoms with Gasteiger partial charge in [-0.05, 0) is 41.3 Å². The van der Waals surface area contributed by atoms with Crippen LogP contribution >= 0.6 is 11.3 Å². The van der Waals surface area contributed by atoms with E-state index in [9.17, 15) is 9.59 Å². The van der Waals surface area contributed by atoms with Crippen LogP contribution in [0.25, 0.3) is 16.6 Å². The van der Waals surface area contributed by atoms with Crippen molar-refractivity contribution in [1.82, 2.24) is 25.4 Å². The number of H-pyrrole nitrogens is 1. The first-order valence-corrected chi connectivity index (χ1v) is 12.3. The largest absolute Gasteiger partial charge is 0.361 e. The van der Waals surface area contributed by atoms with Crippen molar-refractivity contribution in [3.05, 3.63) is 107 Å². The molecule has 0 saturated carbocycles. The minimum Gasteiger partial charge on any atom is -0.361 e. The summed E-state index contributed by atoms with van der Waals surface area (Å²) in [6.07, 6.45) is 4.78. The van der Waals surface area contributed by atoms with E-state index in [-0.39, 0.29) is 11.8 Å². The molecular formula is C27H25N5O2S. The number of carbonyl (C=O) groups is 2. The van der Waals surface area contributed by atoms with Crippen LogP contribution in [0.15, 0.2) is 90.6 Å². The predicted octanol–water partition coefficient (Wildman–Crippen LogP) is 4.12. The first-order chi connectivity index (χ1) is 17.2. The van der Waals surface area contributed by atoms with Gasteiger partial charge in [0.25, 0.3) is 5.91 Å². The van der Waals surface area contributed by atoms with Gasteiger partial charge in [0.05, 0.1) is 16.3 Å². The Morgan fingerprint density at radius 1 is 1.00 bits per heavy atom. The number of aromatic amines is 1. The third kappa shape index (κ3) is 5.33. The van der Waals surface area contributed by atoms with E-state index in [4.69, 9.17) is 0 Å². The van der Waals surface area contributed by atoms with Crippen LogP contribution in [0.5, 0.6) is 0 Å². The molecule has 2 aromatic carbocycles. The minimum absolute atomic E-state index is 0.220. The van der Waals surface area contributed by atoms with Crippen LogP contribution in [-0.4, -0.2) is 39.2 Å². The second-order valence-electron chi connectivity index (χ2n) is 8.20. The molecule has 0 aliphatic rings. The summed E-state index contributed by atoms with van der Waals surface area (Å²) in [6, 6.07) is 22.6. The van der Waals surface area contributed by atoms with Crippen LogP contribution in [0.4, 0.5) is 0 Å². The summed E-state index contributed by atoms with van der Waals surface area (Å²) < 4.78 is 1.82. The molecule has 0 fully saturated rings. The topological polar surface area (TPSA) is 91.8 Å². The molecule has 5 aromatic rings. The number of hydrogen-bond donors (Lipinski definition) is 3. The number of rotatable bonds is 9. The van der Waals surface area contributed by atoms with Crippen LogP contribution in [0.2, 0.25) is 0 Å². The maximum atomic E-state index is 13.2. The van der Waals surface area contributed by atoms with Gasteiger partial charge in [0.1, 0.15) is 6.04 Å². The average Bonchev–Trinajstić information content (AvgIpc) is 3.66. The van der Waals surface area contributed by atoms with E-state index in [0.717, 1.165) is 27.8 Å². The highest BCUT2D eigenvalue weighted by Gasteiger charge is 2.23. The zero-order valence-electron chi connectivity index (χ0n) is 19.0. The van der Waals surface area contributed by atoms with E-state index in [1.807, 2.05) is 89.2 Å². The summed E-state index contributed by atoms with van der Waals surface area (Å²) in [4.78, 5) is 29.7. The molecule has 7 nitrogen and oxygen atoms in total. The molecule has 3 N–H and O–H groups in total. The predicted molar refractivity (Wildman–Crippen MR) is 138 cm³/mol. The van der Waals surface area contributed by atoms with Gasteiger partial charge in [-0.15, -0.1) is 11.3 Å². The van der Waals surface area contributed by atoms with Gasteiger partial charge in [-0.3, -0.25) is 9.59 Å². The standard InChI is InChI=1S/C27H25N5O2S/c33-26(28-14-12-20-13-15-32(31-20)21-7-2-1-3-8-21)24(30-27(34)25-11-6-16-35-25)17-19-18-29-23-10-5-4-9-22(19)23/h1-11,13,15-16,18,24,29H,12,14,17H2,(H,28,33)(H,30,34). The highest BCUT2D eigenvalue weighted by atomic mass is 32.1. The van der Waals surface area contributed by atoms with E-state index < -0.39 is 6.04 Å². The summed E-state index contributed by atoms with van der Waals surface area (Å²) in [5.41, 5.74) is 3.84. The second kappa shape index (κ2) is 10.4. The Morgan fingerprint density at radius 3 is 2.66 bits per heavy atom. The van der Waals surface area contributed by atoms with Gasteiger partial charge in [-0.2, -0.15) is 5.10 Å². The van der Waals surface area contributed by atoms with Crippen molar-refractivity contribution in [2.45, 2.75) is 18.9 Å². The van der Waals surface area contributed by atoms with E-state index in [1.54, 1.807) is 6.07 Å². The van der Waals surface area contributed by atoms with Crippen molar-refractivity contribution in [3.63, 3.8) is 0 Å². The minimum atomic E-state index is -0.703. The Labute approximate surface area is 206 Å². The number of aromatic nitrogens is 3. The fourth-order valence-corrected chi connectivity index (χ4v) is 4.65. The van der Waals surface area contributed by atoms with Crippen LogP contribution < -0.4 is 10.6 Å². The van der Waals surface area contributed by atoms with Crippen LogP contribution in [0, 0.1) is 0 Å². The SMILES string of the molecule is O=C(NC(Cc1c[nH]c2ccccc12)C(=O)NCCc1ccn(-c2ccccc2)n1)c1cccs1. The molecule has 0 aliphatic heterocycles. The molecule has 1 atom stereocenters. The molecule has 0 spiro atoms. The van der Waals surface area contributed by atoms with Gasteiger partial charge >= 0.3 is 0 Å². The first-order valence-electron chi connectivity index (χ1n) is 11.4. The summed E-state index contributed by atoms with van der Waals surface area (Å²) >= 11 is 1.35. The number of para-hydroxylation sites is 2. The number of benzene rings is 2. The van der Waals surface area contributed by atoms with Gasteiger partial charge in [-0.1, -0.05) is 42.5 Å². The zero-order valence-corrected chi connectivity index (χ0v) is 19.8. The van der Waals surface area contributed by atoms with E-state index in [0.29, 0.717) is 24.3 Å². The molecule has 8 heteroatoms. The van der Waals surface area contributed by atoms with Crippen molar-refractivity contribution in [2.75, 3.05) is 6.54 Å². The molecule has 0 saturated heterocycles. The van der Waals surface area contributed by atoms with Crippen molar-refractivity contribution >= 4 is 34.1 Å². The van der Waals surface area contributed by atoms with Gasteiger partial charge < -0.3 is 15.6 Å². The number of hydrogen-bond acceptors (Lipinski definition) is 4. The third-order valence-corrected chi connectivity index (χ3v) is 6.68. The molecule has 5 rings (SSSR count). The Kier molecular flexibility index (Phi) is 6.72. The fraction of sp³-hybridized carbons (Fsp3) is 0.148. The number of amides is 2. The van der Waals surface area contributed by atoms with E-state index in [1.165, 1.54) is 11.3 Å². The molecule has 3 aromatic heterocycles. The Bertz CT molecular complexity index is 1420. The quantitative estimate of drug-likeness (QED) is 0.295. The molecule has 1 unspecified atom stereocenters. The van der Waals surface area contributed by atoms with Crippen LogP contribution in [0.3, 0.4) is 0 Å². The summed E-state index contributed by atoms with van der Waals surface area (Å²) in [5, 5.41) is 13.4. The summed E-state index contributed by atoms with van der Waals surface area (Å²) in [6.45, 7) is 0.421. The van der Waals surface area contributed by atoms with Crippen molar-refractivity contribution in [1.29, 1.82) is 0 Å². The van der Waals surface area contributed by atoms with Crippen LogP contribution in [0.1, 0.15) is 20.9 Å². The number of carbonyl (C=O) groups excluding carboxylic acids is 2. The monoisotopic (exact) mass is 483 g/mol. The number of nitrogens with zero attached hydrogens (tertiary/aromatic N) is 2. The lowest BCUT2D eigenvalue weighted by atomic mass is 10.0. The maximum Gasteiger partial charge on any atom is 0.262 e. The Balaban J connectivity index is 1.25. The molecule has 0 aliphatic carbocycles. The smallest absolute Gasteiger partial charge is 0.262 e. The molecule has 35 heavy (non-hydrogen) atoms. The van der Waals surface area contributed by atoms with E-state index >= 15 is 0 Å². The average molecular weight is 484 g/mol. The van der Waals surface area contributed by atoms with Crippen molar-refractivity contribution in [2.24, 2.45) is 0 Å². The summed E-state index contributed by atoms with van der Waals surface area (Å²) in [5.74, 6) is -0.468. The molecule has 0 bridgehead atoms. The molecular weight excluding hydrogens is 458 g/mol. The zero-order chi connectivity index (χ0) is 24.0. The lowest BCUT2D eigenvalue weighted by Crippen LogP contribution is -2.48. The van der Waals surface area contributed by atoms with Gasteiger partial charge in [-0.25, -0.2) is 4.68 Å².